The van der Waals surface area contributed by atoms with Crippen LogP contribution in [0.5, 0.6) is 0 Å². The predicted molar refractivity (Wildman–Crippen MR) is 89.9 cm³/mol. The number of rotatable bonds is 4. The zero-order chi connectivity index (χ0) is 16.2. The van der Waals surface area contributed by atoms with Gasteiger partial charge in [0.15, 0.2) is 0 Å². The van der Waals surface area contributed by atoms with E-state index in [0.29, 0.717) is 17.4 Å². The van der Waals surface area contributed by atoms with E-state index in [0.717, 1.165) is 43.4 Å². The molecule has 1 fully saturated rings. The molecule has 3 rings (SSSR count). The normalized spacial score (nSPS) is 14.8. The van der Waals surface area contributed by atoms with E-state index < -0.39 is 0 Å². The summed E-state index contributed by atoms with van der Waals surface area (Å²) in [4.78, 5) is 20.4. The lowest BCUT2D eigenvalue weighted by Crippen LogP contribution is -2.36. The summed E-state index contributed by atoms with van der Waals surface area (Å²) in [5.41, 5.74) is 2.30. The number of carbonyl (C=O) groups excluding carboxylic acids is 1. The van der Waals surface area contributed by atoms with Gasteiger partial charge in [-0.25, -0.2) is 4.98 Å². The first-order valence-electron chi connectivity index (χ1n) is 7.61. The lowest BCUT2D eigenvalue weighted by Gasteiger charge is -2.29. The van der Waals surface area contributed by atoms with Crippen LogP contribution in [-0.2, 0) is 11.3 Å². The van der Waals surface area contributed by atoms with Crippen molar-refractivity contribution >= 4 is 23.1 Å². The molecule has 0 atom stereocenters. The number of amides is 1. The van der Waals surface area contributed by atoms with Gasteiger partial charge in [-0.1, -0.05) is 12.1 Å². The molecule has 2 aromatic rings. The van der Waals surface area contributed by atoms with Gasteiger partial charge in [-0.05, 0) is 36.2 Å². The number of benzene rings is 1. The molecule has 0 N–H and O–H groups in total. The molecule has 7 heteroatoms. The molecule has 6 nitrogen and oxygen atoms in total. The van der Waals surface area contributed by atoms with Gasteiger partial charge >= 0.3 is 0 Å². The third-order valence-corrected chi connectivity index (χ3v) is 4.58. The molecule has 1 aromatic carbocycles. The van der Waals surface area contributed by atoms with Crippen molar-refractivity contribution in [1.29, 1.82) is 0 Å². The maximum atomic E-state index is 12.3. The number of ether oxygens (including phenoxy) is 1. The van der Waals surface area contributed by atoms with E-state index in [-0.39, 0.29) is 5.91 Å². The Kier molecular flexibility index (Phi) is 4.88. The van der Waals surface area contributed by atoms with Crippen LogP contribution in [0.15, 0.2) is 24.3 Å². The van der Waals surface area contributed by atoms with Crippen LogP contribution in [0.3, 0.4) is 0 Å². The molecule has 0 bridgehead atoms. The van der Waals surface area contributed by atoms with Gasteiger partial charge in [0.25, 0.3) is 5.91 Å². The number of nitrogens with zero attached hydrogens (tertiary/aromatic N) is 4. The van der Waals surface area contributed by atoms with E-state index in [1.165, 1.54) is 5.69 Å². The smallest absolute Gasteiger partial charge is 0.284 e. The van der Waals surface area contributed by atoms with Gasteiger partial charge < -0.3 is 14.5 Å². The average molecular weight is 332 g/mol. The molecule has 0 spiro atoms. The fourth-order valence-electron chi connectivity index (χ4n) is 2.53. The molecule has 1 aliphatic heterocycles. The fourth-order valence-corrected chi connectivity index (χ4v) is 3.19. The second kappa shape index (κ2) is 7.06. The lowest BCUT2D eigenvalue weighted by atomic mass is 10.1. The van der Waals surface area contributed by atoms with Crippen molar-refractivity contribution in [2.75, 3.05) is 38.3 Å². The van der Waals surface area contributed by atoms with Crippen LogP contribution in [-0.4, -0.2) is 53.5 Å². The van der Waals surface area contributed by atoms with Gasteiger partial charge in [-0.15, -0.1) is 0 Å². The summed E-state index contributed by atoms with van der Waals surface area (Å²) in [6, 6.07) is 8.35. The highest BCUT2D eigenvalue weighted by Gasteiger charge is 2.17. The van der Waals surface area contributed by atoms with E-state index in [4.69, 9.17) is 4.74 Å². The van der Waals surface area contributed by atoms with E-state index in [2.05, 4.69) is 38.5 Å². The van der Waals surface area contributed by atoms with Gasteiger partial charge in [0.1, 0.15) is 5.82 Å². The van der Waals surface area contributed by atoms with Crippen LogP contribution in [0.1, 0.15) is 21.2 Å². The molecule has 1 aromatic heterocycles. The molecule has 0 aliphatic carbocycles. The number of carbonyl (C=O) groups is 1. The van der Waals surface area contributed by atoms with Crippen LogP contribution in [0.4, 0.5) is 5.69 Å². The Morgan fingerprint density at radius 1 is 1.30 bits per heavy atom. The summed E-state index contributed by atoms with van der Waals surface area (Å²) in [6.45, 7) is 5.75. The average Bonchev–Trinajstić information content (AvgIpc) is 3.02. The molecule has 0 unspecified atom stereocenters. The van der Waals surface area contributed by atoms with Gasteiger partial charge in [0, 0.05) is 32.4 Å². The summed E-state index contributed by atoms with van der Waals surface area (Å²) in [5, 5.41) is 0.440. The quantitative estimate of drug-likeness (QED) is 0.856. The number of aryl methyl sites for hydroxylation is 1. The first-order valence-corrected chi connectivity index (χ1v) is 8.38. The third-order valence-electron chi connectivity index (χ3n) is 3.79. The topological polar surface area (TPSA) is 58.6 Å². The Bertz CT molecular complexity index is 665. The minimum atomic E-state index is -0.0899. The molecule has 1 aliphatic rings. The molecule has 1 amide bonds. The van der Waals surface area contributed by atoms with Crippen molar-refractivity contribution in [3.8, 4) is 0 Å². The first kappa shape index (κ1) is 15.9. The molecular weight excluding hydrogens is 312 g/mol. The van der Waals surface area contributed by atoms with Crippen molar-refractivity contribution in [3.63, 3.8) is 0 Å². The maximum Gasteiger partial charge on any atom is 0.284 e. The van der Waals surface area contributed by atoms with Crippen LogP contribution >= 0.6 is 11.5 Å². The molecule has 2 heterocycles. The first-order chi connectivity index (χ1) is 11.1. The van der Waals surface area contributed by atoms with Gasteiger partial charge in [-0.2, -0.15) is 4.37 Å². The van der Waals surface area contributed by atoms with Crippen molar-refractivity contribution in [2.45, 2.75) is 13.5 Å². The SMILES string of the molecule is Cc1nsc(C(=O)N(C)Cc2ccc(N3CCOCC3)cc2)n1. The highest BCUT2D eigenvalue weighted by atomic mass is 32.1. The zero-order valence-electron chi connectivity index (χ0n) is 13.4. The fraction of sp³-hybridized carbons (Fsp3) is 0.438. The number of aromatic nitrogens is 2. The minimum absolute atomic E-state index is 0.0899. The lowest BCUT2D eigenvalue weighted by molar-refractivity contribution is 0.0784. The summed E-state index contributed by atoms with van der Waals surface area (Å²) >= 11 is 1.15. The molecular formula is C16H20N4O2S. The molecule has 1 saturated heterocycles. The molecule has 23 heavy (non-hydrogen) atoms. The zero-order valence-corrected chi connectivity index (χ0v) is 14.2. The van der Waals surface area contributed by atoms with Crippen molar-refractivity contribution in [3.05, 3.63) is 40.7 Å². The largest absolute Gasteiger partial charge is 0.378 e. The maximum absolute atomic E-state index is 12.3. The van der Waals surface area contributed by atoms with E-state index in [1.807, 2.05) is 0 Å². The summed E-state index contributed by atoms with van der Waals surface area (Å²) in [5.74, 6) is 0.550. The third kappa shape index (κ3) is 3.86. The van der Waals surface area contributed by atoms with Crippen LogP contribution in [0.25, 0.3) is 0 Å². The standard InChI is InChI=1S/C16H20N4O2S/c1-12-17-15(23-18-12)16(21)19(2)11-13-3-5-14(6-4-13)20-7-9-22-10-8-20/h3-6H,7-11H2,1-2H3. The Morgan fingerprint density at radius 2 is 2.00 bits per heavy atom. The predicted octanol–water partition coefficient (Wildman–Crippen LogP) is 1.96. The summed E-state index contributed by atoms with van der Waals surface area (Å²) in [6.07, 6.45) is 0. The number of anilines is 1. The number of morpholine rings is 1. The Hall–Kier alpha value is -1.99. The Morgan fingerprint density at radius 3 is 2.61 bits per heavy atom. The summed E-state index contributed by atoms with van der Waals surface area (Å²) in [7, 11) is 1.79. The monoisotopic (exact) mass is 332 g/mol. The van der Waals surface area contributed by atoms with E-state index in [1.54, 1.807) is 18.9 Å². The van der Waals surface area contributed by atoms with E-state index in [9.17, 15) is 4.79 Å². The highest BCUT2D eigenvalue weighted by molar-refractivity contribution is 7.07. The molecule has 0 radical (unpaired) electrons. The Labute approximate surface area is 139 Å². The van der Waals surface area contributed by atoms with Crippen LogP contribution in [0.2, 0.25) is 0 Å². The summed E-state index contributed by atoms with van der Waals surface area (Å²) < 4.78 is 9.43. The van der Waals surface area contributed by atoms with Gasteiger partial charge in [0.05, 0.1) is 13.2 Å². The number of hydrogen-bond acceptors (Lipinski definition) is 6. The highest BCUT2D eigenvalue weighted by Crippen LogP contribution is 2.18. The Balaban J connectivity index is 1.62. The van der Waals surface area contributed by atoms with Crippen LogP contribution in [0, 0.1) is 6.92 Å². The second-order valence-corrected chi connectivity index (χ2v) is 6.33. The molecule has 122 valence electrons. The minimum Gasteiger partial charge on any atom is -0.378 e. The second-order valence-electron chi connectivity index (χ2n) is 5.57. The van der Waals surface area contributed by atoms with E-state index >= 15 is 0 Å². The molecule has 0 saturated carbocycles. The van der Waals surface area contributed by atoms with Gasteiger partial charge in [0.2, 0.25) is 5.01 Å². The van der Waals surface area contributed by atoms with Crippen molar-refractivity contribution in [2.24, 2.45) is 0 Å². The van der Waals surface area contributed by atoms with Crippen LogP contribution < -0.4 is 4.90 Å². The number of hydrogen-bond donors (Lipinski definition) is 0. The van der Waals surface area contributed by atoms with Crippen molar-refractivity contribution < 1.29 is 9.53 Å². The van der Waals surface area contributed by atoms with Gasteiger partial charge in [-0.3, -0.25) is 4.79 Å². The van der Waals surface area contributed by atoms with Crippen molar-refractivity contribution in [1.82, 2.24) is 14.3 Å².